The van der Waals surface area contributed by atoms with E-state index in [0.29, 0.717) is 12.5 Å². The van der Waals surface area contributed by atoms with Gasteiger partial charge in [0, 0.05) is 12.5 Å². The molecule has 9 heavy (non-hydrogen) atoms. The Hall–Kier alpha value is 0.690. The van der Waals surface area contributed by atoms with E-state index in [4.69, 9.17) is 18.0 Å². The SMILES string of the molecule is CSC(=S)C(C)CN.Cl. The monoisotopic (exact) mass is 185 g/mol. The summed E-state index contributed by atoms with van der Waals surface area (Å²) in [6.45, 7) is 2.71. The summed E-state index contributed by atoms with van der Waals surface area (Å²) in [6, 6.07) is 0. The molecule has 1 nitrogen and oxygen atoms in total. The molecule has 4 heteroatoms. The number of thiocarbonyl (C=S) groups is 1. The maximum Gasteiger partial charge on any atom is 0.0516 e. The second-order valence-corrected chi connectivity index (χ2v) is 3.21. The highest BCUT2D eigenvalue weighted by molar-refractivity contribution is 8.22. The molecule has 0 spiro atoms. The van der Waals surface area contributed by atoms with Crippen LogP contribution in [0, 0.1) is 5.92 Å². The van der Waals surface area contributed by atoms with Crippen molar-refractivity contribution in [3.05, 3.63) is 0 Å². The fourth-order valence-electron chi connectivity index (χ4n) is 0.297. The minimum atomic E-state index is 0. The summed E-state index contributed by atoms with van der Waals surface area (Å²) in [4.78, 5) is 0. The Morgan fingerprint density at radius 2 is 2.22 bits per heavy atom. The first-order chi connectivity index (χ1) is 3.72. The number of hydrogen-bond acceptors (Lipinski definition) is 3. The lowest BCUT2D eigenvalue weighted by Gasteiger charge is -2.05. The van der Waals surface area contributed by atoms with Gasteiger partial charge in [0.2, 0.25) is 0 Å². The van der Waals surface area contributed by atoms with E-state index in [9.17, 15) is 0 Å². The Kier molecular flexibility index (Phi) is 9.36. The highest BCUT2D eigenvalue weighted by Gasteiger charge is 2.02. The van der Waals surface area contributed by atoms with Crippen molar-refractivity contribution in [2.75, 3.05) is 12.8 Å². The van der Waals surface area contributed by atoms with Crippen LogP contribution in [0.4, 0.5) is 0 Å². The van der Waals surface area contributed by atoms with E-state index in [2.05, 4.69) is 0 Å². The summed E-state index contributed by atoms with van der Waals surface area (Å²) in [5.41, 5.74) is 5.35. The number of hydrogen-bond donors (Lipinski definition) is 1. The molecule has 0 saturated carbocycles. The van der Waals surface area contributed by atoms with Gasteiger partial charge < -0.3 is 5.73 Å². The molecule has 0 rings (SSSR count). The van der Waals surface area contributed by atoms with Crippen LogP contribution in [0.1, 0.15) is 6.92 Å². The smallest absolute Gasteiger partial charge is 0.0516 e. The summed E-state index contributed by atoms with van der Waals surface area (Å²) in [6.07, 6.45) is 1.98. The lowest BCUT2D eigenvalue weighted by molar-refractivity contribution is 0.803. The molecule has 0 radical (unpaired) electrons. The summed E-state index contributed by atoms with van der Waals surface area (Å²) in [5, 5.41) is 0. The van der Waals surface area contributed by atoms with Gasteiger partial charge in [-0.1, -0.05) is 19.1 Å². The molecule has 56 valence electrons. The van der Waals surface area contributed by atoms with Gasteiger partial charge >= 0.3 is 0 Å². The topological polar surface area (TPSA) is 26.0 Å². The molecule has 0 aliphatic carbocycles. The van der Waals surface area contributed by atoms with Crippen LogP contribution in [0.25, 0.3) is 0 Å². The van der Waals surface area contributed by atoms with Crippen molar-refractivity contribution >= 4 is 40.6 Å². The van der Waals surface area contributed by atoms with Crippen LogP contribution in [0.15, 0.2) is 0 Å². The van der Waals surface area contributed by atoms with Crippen LogP contribution in [0.3, 0.4) is 0 Å². The van der Waals surface area contributed by atoms with Crippen molar-refractivity contribution in [1.82, 2.24) is 0 Å². The van der Waals surface area contributed by atoms with Crippen LogP contribution < -0.4 is 5.73 Å². The summed E-state index contributed by atoms with van der Waals surface area (Å²) >= 11 is 6.57. The zero-order chi connectivity index (χ0) is 6.57. The Bertz CT molecular complexity index is 87.0. The Labute approximate surface area is 72.2 Å². The van der Waals surface area contributed by atoms with Crippen molar-refractivity contribution in [1.29, 1.82) is 0 Å². The fourth-order valence-corrected chi connectivity index (χ4v) is 0.892. The maximum absolute atomic E-state index is 5.35. The minimum absolute atomic E-state index is 0. The molecule has 0 heterocycles. The normalized spacial score (nSPS) is 11.9. The summed E-state index contributed by atoms with van der Waals surface area (Å²) < 4.78 is 1.01. The second kappa shape index (κ2) is 6.81. The molecule has 1 atom stereocenters. The van der Waals surface area contributed by atoms with E-state index >= 15 is 0 Å². The van der Waals surface area contributed by atoms with Crippen molar-refractivity contribution < 1.29 is 0 Å². The Morgan fingerprint density at radius 3 is 2.33 bits per heavy atom. The van der Waals surface area contributed by atoms with Gasteiger partial charge in [-0.25, -0.2) is 0 Å². The zero-order valence-corrected chi connectivity index (χ0v) is 8.04. The molecular weight excluding hydrogens is 174 g/mol. The molecule has 0 amide bonds. The average molecular weight is 186 g/mol. The van der Waals surface area contributed by atoms with E-state index in [0.717, 1.165) is 4.20 Å². The first kappa shape index (κ1) is 12.4. The van der Waals surface area contributed by atoms with E-state index in [1.807, 2.05) is 13.2 Å². The molecule has 0 aliphatic heterocycles. The number of thioether (sulfide) groups is 1. The van der Waals surface area contributed by atoms with Gasteiger partial charge in [0.25, 0.3) is 0 Å². The van der Waals surface area contributed by atoms with Crippen LogP contribution in [0.5, 0.6) is 0 Å². The van der Waals surface area contributed by atoms with Crippen molar-refractivity contribution in [3.8, 4) is 0 Å². The highest BCUT2D eigenvalue weighted by Crippen LogP contribution is 2.07. The number of nitrogens with two attached hydrogens (primary N) is 1. The lowest BCUT2D eigenvalue weighted by Crippen LogP contribution is -2.16. The van der Waals surface area contributed by atoms with Gasteiger partial charge in [-0.15, -0.1) is 24.2 Å². The van der Waals surface area contributed by atoms with Crippen molar-refractivity contribution in [2.24, 2.45) is 11.7 Å². The largest absolute Gasteiger partial charge is 0.330 e. The highest BCUT2D eigenvalue weighted by atomic mass is 35.5. The molecule has 0 aromatic heterocycles. The van der Waals surface area contributed by atoms with Gasteiger partial charge in [-0.05, 0) is 6.26 Å². The Morgan fingerprint density at radius 1 is 1.78 bits per heavy atom. The van der Waals surface area contributed by atoms with Crippen LogP contribution >= 0.6 is 36.4 Å². The second-order valence-electron chi connectivity index (χ2n) is 1.66. The average Bonchev–Trinajstić information content (AvgIpc) is 1.84. The van der Waals surface area contributed by atoms with Gasteiger partial charge in [-0.2, -0.15) is 0 Å². The van der Waals surface area contributed by atoms with Gasteiger partial charge in [0.15, 0.2) is 0 Å². The van der Waals surface area contributed by atoms with Crippen LogP contribution in [0.2, 0.25) is 0 Å². The molecule has 2 N–H and O–H groups in total. The van der Waals surface area contributed by atoms with E-state index in [-0.39, 0.29) is 12.4 Å². The summed E-state index contributed by atoms with van der Waals surface area (Å²) in [7, 11) is 0. The van der Waals surface area contributed by atoms with E-state index in [1.165, 1.54) is 0 Å². The Balaban J connectivity index is 0. The van der Waals surface area contributed by atoms with E-state index in [1.54, 1.807) is 11.8 Å². The maximum atomic E-state index is 5.35. The van der Waals surface area contributed by atoms with E-state index < -0.39 is 0 Å². The van der Waals surface area contributed by atoms with Crippen LogP contribution in [-0.4, -0.2) is 17.0 Å². The first-order valence-corrected chi connectivity index (χ1v) is 4.13. The predicted molar refractivity (Wildman–Crippen MR) is 51.6 cm³/mol. The minimum Gasteiger partial charge on any atom is -0.330 e. The fraction of sp³-hybridized carbons (Fsp3) is 0.800. The third-order valence-corrected chi connectivity index (χ3v) is 2.66. The molecule has 0 saturated heterocycles. The zero-order valence-electron chi connectivity index (χ0n) is 5.59. The lowest BCUT2D eigenvalue weighted by atomic mass is 10.2. The van der Waals surface area contributed by atoms with Gasteiger partial charge in [0.05, 0.1) is 4.20 Å². The van der Waals surface area contributed by atoms with Crippen LogP contribution in [-0.2, 0) is 0 Å². The molecule has 1 unspecified atom stereocenters. The molecular formula is C5H12ClNS2. The standard InChI is InChI=1S/C5H11NS2.ClH/c1-4(3-6)5(7)8-2;/h4H,3,6H2,1-2H3;1H. The third-order valence-electron chi connectivity index (χ3n) is 0.957. The quantitative estimate of drug-likeness (QED) is 0.664. The molecule has 0 aromatic rings. The summed E-state index contributed by atoms with van der Waals surface area (Å²) in [5.74, 6) is 0.389. The first-order valence-electron chi connectivity index (χ1n) is 2.50. The molecule has 0 aromatic carbocycles. The number of halogens is 1. The molecule has 0 fully saturated rings. The third kappa shape index (κ3) is 5.15. The van der Waals surface area contributed by atoms with Crippen molar-refractivity contribution in [3.63, 3.8) is 0 Å². The van der Waals surface area contributed by atoms with Gasteiger partial charge in [0.1, 0.15) is 0 Å². The molecule has 0 aliphatic rings. The van der Waals surface area contributed by atoms with Gasteiger partial charge in [-0.3, -0.25) is 0 Å². The molecule has 0 bridgehead atoms. The van der Waals surface area contributed by atoms with Crippen molar-refractivity contribution in [2.45, 2.75) is 6.92 Å². The number of rotatable bonds is 2. The predicted octanol–water partition coefficient (Wildman–Crippen LogP) is 1.69.